The van der Waals surface area contributed by atoms with Crippen LogP contribution in [0.4, 0.5) is 5.69 Å². The van der Waals surface area contributed by atoms with Gasteiger partial charge in [-0.15, -0.1) is 11.3 Å². The molecule has 6 nitrogen and oxygen atoms in total. The number of fused-ring (bicyclic) bond motifs is 1. The van der Waals surface area contributed by atoms with Crippen molar-refractivity contribution in [1.29, 1.82) is 5.26 Å². The Bertz CT molecular complexity index is 1270. The van der Waals surface area contributed by atoms with Gasteiger partial charge in [-0.3, -0.25) is 9.20 Å². The molecule has 0 radical (unpaired) electrons. The molecule has 2 aromatic heterocycles. The molecule has 1 amide bonds. The lowest BCUT2D eigenvalue weighted by Gasteiger charge is -2.23. The number of amides is 1. The fourth-order valence-electron chi connectivity index (χ4n) is 4.14. The fourth-order valence-corrected chi connectivity index (χ4v) is 5.02. The lowest BCUT2D eigenvalue weighted by atomic mass is 10.2. The molecule has 1 saturated heterocycles. The van der Waals surface area contributed by atoms with Gasteiger partial charge in [0.25, 0.3) is 0 Å². The summed E-state index contributed by atoms with van der Waals surface area (Å²) in [5.74, 6) is 0.154. The number of hydrogen-bond acceptors (Lipinski definition) is 5. The molecule has 0 N–H and O–H groups in total. The molecular weight excluding hydrogens is 418 g/mol. The number of nitrogens with zero attached hydrogens (tertiary/aromatic N) is 5. The third-order valence-corrected chi connectivity index (χ3v) is 6.78. The highest BCUT2D eigenvalue weighted by Gasteiger charge is 2.21. The minimum absolute atomic E-state index is 0.154. The molecule has 4 aromatic rings. The predicted molar refractivity (Wildman–Crippen MR) is 127 cm³/mol. The number of nitriles is 1. The maximum Gasteiger partial charge on any atom is 0.228 e. The van der Waals surface area contributed by atoms with Crippen LogP contribution in [0, 0.1) is 11.3 Å². The number of thiazole rings is 1. The van der Waals surface area contributed by atoms with Crippen LogP contribution in [0.3, 0.4) is 0 Å². The summed E-state index contributed by atoms with van der Waals surface area (Å²) >= 11 is 1.57. The summed E-state index contributed by atoms with van der Waals surface area (Å²) < 4.78 is 2.05. The molecule has 1 fully saturated rings. The standard InChI is InChI=1S/C25H23N5OS/c26-16-19-7-9-21(10-8-19)28-11-4-12-29(14-13-28)24(31)15-22-18-32-25-27-23(17-30(22)25)20-5-2-1-3-6-20/h1-3,5-10,17-18H,4,11-15H2. The Morgan fingerprint density at radius 3 is 2.62 bits per heavy atom. The number of carbonyl (C=O) groups excluding carboxylic acids is 1. The van der Waals surface area contributed by atoms with E-state index in [0.29, 0.717) is 18.5 Å². The number of aromatic nitrogens is 2. The van der Waals surface area contributed by atoms with Crippen LogP contribution in [-0.4, -0.2) is 46.4 Å². The third kappa shape index (κ3) is 4.10. The molecule has 1 aliphatic heterocycles. The van der Waals surface area contributed by atoms with E-state index in [1.165, 1.54) is 0 Å². The van der Waals surface area contributed by atoms with Gasteiger partial charge in [0.2, 0.25) is 5.91 Å². The molecule has 32 heavy (non-hydrogen) atoms. The zero-order chi connectivity index (χ0) is 21.9. The van der Waals surface area contributed by atoms with Crippen molar-refractivity contribution >= 4 is 27.9 Å². The molecule has 1 aliphatic rings. The second kappa shape index (κ2) is 8.85. The minimum atomic E-state index is 0.154. The zero-order valence-corrected chi connectivity index (χ0v) is 18.5. The number of rotatable bonds is 4. The molecule has 5 rings (SSSR count). The summed E-state index contributed by atoms with van der Waals surface area (Å²) in [4.78, 5) is 23.0. The van der Waals surface area contributed by atoms with Gasteiger partial charge in [0.05, 0.1) is 23.7 Å². The first-order valence-corrected chi connectivity index (χ1v) is 11.6. The van der Waals surface area contributed by atoms with E-state index in [9.17, 15) is 4.79 Å². The van der Waals surface area contributed by atoms with E-state index in [1.54, 1.807) is 11.3 Å². The van der Waals surface area contributed by atoms with E-state index >= 15 is 0 Å². The average Bonchev–Trinajstić information content (AvgIpc) is 3.32. The Morgan fingerprint density at radius 1 is 1.03 bits per heavy atom. The minimum Gasteiger partial charge on any atom is -0.370 e. The highest BCUT2D eigenvalue weighted by atomic mass is 32.1. The first-order chi connectivity index (χ1) is 15.7. The van der Waals surface area contributed by atoms with Crippen LogP contribution >= 0.6 is 11.3 Å². The van der Waals surface area contributed by atoms with Gasteiger partial charge >= 0.3 is 0 Å². The first kappa shape index (κ1) is 20.3. The lowest BCUT2D eigenvalue weighted by molar-refractivity contribution is -0.130. The van der Waals surface area contributed by atoms with Crippen molar-refractivity contribution < 1.29 is 4.79 Å². The molecule has 0 unspecified atom stereocenters. The van der Waals surface area contributed by atoms with Crippen molar-refractivity contribution in [2.45, 2.75) is 12.8 Å². The predicted octanol–water partition coefficient (Wildman–Crippen LogP) is 4.22. The molecule has 2 aromatic carbocycles. The monoisotopic (exact) mass is 441 g/mol. The van der Waals surface area contributed by atoms with Crippen LogP contribution in [0.5, 0.6) is 0 Å². The van der Waals surface area contributed by atoms with Crippen LogP contribution in [-0.2, 0) is 11.2 Å². The average molecular weight is 442 g/mol. The molecular formula is C25H23N5OS. The van der Waals surface area contributed by atoms with Gasteiger partial charge in [-0.2, -0.15) is 5.26 Å². The lowest BCUT2D eigenvalue weighted by Crippen LogP contribution is -2.36. The Balaban J connectivity index is 1.26. The summed E-state index contributed by atoms with van der Waals surface area (Å²) in [6.07, 6.45) is 3.33. The van der Waals surface area contributed by atoms with Crippen molar-refractivity contribution in [3.8, 4) is 17.3 Å². The van der Waals surface area contributed by atoms with Crippen molar-refractivity contribution in [2.24, 2.45) is 0 Å². The molecule has 0 saturated carbocycles. The molecule has 7 heteroatoms. The number of carbonyl (C=O) groups is 1. The van der Waals surface area contributed by atoms with Crippen LogP contribution in [0.25, 0.3) is 16.2 Å². The first-order valence-electron chi connectivity index (χ1n) is 10.7. The summed E-state index contributed by atoms with van der Waals surface area (Å²) in [6, 6.07) is 19.9. The molecule has 0 spiro atoms. The topological polar surface area (TPSA) is 64.6 Å². The SMILES string of the molecule is N#Cc1ccc(N2CCCN(C(=O)Cc3csc4nc(-c5ccccc5)cn34)CC2)cc1. The number of anilines is 1. The van der Waals surface area contributed by atoms with Gasteiger partial charge in [0, 0.05) is 54.7 Å². The summed E-state index contributed by atoms with van der Waals surface area (Å²) in [7, 11) is 0. The number of hydrogen-bond donors (Lipinski definition) is 0. The van der Waals surface area contributed by atoms with Crippen LogP contribution in [0.15, 0.2) is 66.2 Å². The number of imidazole rings is 1. The second-order valence-electron chi connectivity index (χ2n) is 7.93. The molecule has 3 heterocycles. The maximum atomic E-state index is 13.1. The van der Waals surface area contributed by atoms with E-state index in [1.807, 2.05) is 75.5 Å². The second-order valence-corrected chi connectivity index (χ2v) is 8.77. The van der Waals surface area contributed by atoms with Gasteiger partial charge in [-0.05, 0) is 30.7 Å². The van der Waals surface area contributed by atoms with E-state index in [0.717, 1.165) is 53.7 Å². The molecule has 0 bridgehead atoms. The van der Waals surface area contributed by atoms with E-state index in [4.69, 9.17) is 10.2 Å². The van der Waals surface area contributed by atoms with Gasteiger partial charge in [-0.1, -0.05) is 30.3 Å². The van der Waals surface area contributed by atoms with Crippen molar-refractivity contribution in [1.82, 2.24) is 14.3 Å². The zero-order valence-electron chi connectivity index (χ0n) is 17.6. The molecule has 0 aliphatic carbocycles. The Kier molecular flexibility index (Phi) is 5.61. The van der Waals surface area contributed by atoms with Crippen molar-refractivity contribution in [3.63, 3.8) is 0 Å². The van der Waals surface area contributed by atoms with Crippen LogP contribution in [0.1, 0.15) is 17.7 Å². The third-order valence-electron chi connectivity index (χ3n) is 5.90. The van der Waals surface area contributed by atoms with Crippen LogP contribution < -0.4 is 4.90 Å². The Morgan fingerprint density at radius 2 is 1.84 bits per heavy atom. The highest BCUT2D eigenvalue weighted by Crippen LogP contribution is 2.24. The largest absolute Gasteiger partial charge is 0.370 e. The van der Waals surface area contributed by atoms with Crippen molar-refractivity contribution in [3.05, 3.63) is 77.4 Å². The smallest absolute Gasteiger partial charge is 0.228 e. The van der Waals surface area contributed by atoms with Crippen LogP contribution in [0.2, 0.25) is 0 Å². The fraction of sp³-hybridized carbons (Fsp3) is 0.240. The van der Waals surface area contributed by atoms with E-state index in [-0.39, 0.29) is 5.91 Å². The summed E-state index contributed by atoms with van der Waals surface area (Å²) in [5, 5.41) is 11.0. The summed E-state index contributed by atoms with van der Waals surface area (Å²) in [6.45, 7) is 3.16. The quantitative estimate of drug-likeness (QED) is 0.476. The van der Waals surface area contributed by atoms with Gasteiger partial charge in [0.15, 0.2) is 4.96 Å². The maximum absolute atomic E-state index is 13.1. The summed E-state index contributed by atoms with van der Waals surface area (Å²) in [5.41, 5.74) is 4.76. The van der Waals surface area contributed by atoms with E-state index < -0.39 is 0 Å². The van der Waals surface area contributed by atoms with Crippen molar-refractivity contribution in [2.75, 3.05) is 31.1 Å². The normalized spacial score (nSPS) is 14.3. The molecule has 0 atom stereocenters. The number of benzene rings is 2. The Labute approximate surface area is 191 Å². The molecule has 160 valence electrons. The Hall–Kier alpha value is -3.63. The highest BCUT2D eigenvalue weighted by molar-refractivity contribution is 7.15. The van der Waals surface area contributed by atoms with Gasteiger partial charge in [0.1, 0.15) is 0 Å². The van der Waals surface area contributed by atoms with Gasteiger partial charge in [-0.25, -0.2) is 4.98 Å². The van der Waals surface area contributed by atoms with E-state index in [2.05, 4.69) is 11.0 Å². The van der Waals surface area contributed by atoms with Gasteiger partial charge < -0.3 is 9.80 Å².